The smallest absolute Gasteiger partial charge is 0.272 e. The summed E-state index contributed by atoms with van der Waals surface area (Å²) in [5.74, 6) is -0.428. The van der Waals surface area contributed by atoms with Crippen LogP contribution in [0, 0.1) is 11.6 Å². The molecule has 3 aromatic heterocycles. The van der Waals surface area contributed by atoms with Crippen LogP contribution in [0.5, 0.6) is 0 Å². The molecule has 0 spiro atoms. The van der Waals surface area contributed by atoms with Crippen molar-refractivity contribution in [3.63, 3.8) is 0 Å². The van der Waals surface area contributed by atoms with Crippen LogP contribution in [0.3, 0.4) is 0 Å². The minimum Gasteiger partial charge on any atom is -0.356 e. The Balaban J connectivity index is 1.47. The van der Waals surface area contributed by atoms with E-state index in [1.807, 2.05) is 6.07 Å². The van der Waals surface area contributed by atoms with Crippen molar-refractivity contribution < 1.29 is 13.6 Å². The number of halogens is 2. The number of rotatable bonds is 5. The lowest BCUT2D eigenvalue weighted by molar-refractivity contribution is 0.101. The van der Waals surface area contributed by atoms with Gasteiger partial charge < -0.3 is 14.8 Å². The molecule has 1 saturated heterocycles. The molecule has 1 fully saturated rings. The van der Waals surface area contributed by atoms with E-state index in [4.69, 9.17) is 0 Å². The van der Waals surface area contributed by atoms with Gasteiger partial charge in [0.05, 0.1) is 24.6 Å². The van der Waals surface area contributed by atoms with Gasteiger partial charge in [0.25, 0.3) is 5.91 Å². The number of hydrogen-bond donors (Lipinski definition) is 1. The van der Waals surface area contributed by atoms with Gasteiger partial charge in [-0.15, -0.1) is 0 Å². The molecule has 0 atom stereocenters. The van der Waals surface area contributed by atoms with Crippen LogP contribution in [0.1, 0.15) is 22.5 Å². The van der Waals surface area contributed by atoms with E-state index in [-0.39, 0.29) is 18.1 Å². The largest absolute Gasteiger partial charge is 0.356 e. The quantitative estimate of drug-likeness (QED) is 0.526. The van der Waals surface area contributed by atoms with Crippen molar-refractivity contribution in [1.29, 1.82) is 0 Å². The van der Waals surface area contributed by atoms with Gasteiger partial charge >= 0.3 is 0 Å². The third-order valence-electron chi connectivity index (χ3n) is 5.41. The molecule has 0 saturated carbocycles. The van der Waals surface area contributed by atoms with E-state index >= 15 is 0 Å². The second-order valence-electron chi connectivity index (χ2n) is 7.47. The molecular formula is C23H19F2N5O. The van der Waals surface area contributed by atoms with Crippen LogP contribution < -0.4 is 10.2 Å². The molecule has 1 aromatic carbocycles. The van der Waals surface area contributed by atoms with Gasteiger partial charge in [-0.2, -0.15) is 0 Å². The zero-order valence-electron chi connectivity index (χ0n) is 16.6. The minimum atomic E-state index is -0.506. The van der Waals surface area contributed by atoms with E-state index in [0.717, 1.165) is 31.5 Å². The molecule has 31 heavy (non-hydrogen) atoms. The highest BCUT2D eigenvalue weighted by atomic mass is 19.1. The molecular weight excluding hydrogens is 400 g/mol. The summed E-state index contributed by atoms with van der Waals surface area (Å²) < 4.78 is 29.6. The van der Waals surface area contributed by atoms with Gasteiger partial charge in [0.2, 0.25) is 0 Å². The second kappa shape index (κ2) is 7.79. The van der Waals surface area contributed by atoms with Gasteiger partial charge in [-0.3, -0.25) is 4.79 Å². The first-order valence-corrected chi connectivity index (χ1v) is 9.99. The van der Waals surface area contributed by atoms with E-state index in [1.165, 1.54) is 12.1 Å². The third kappa shape index (κ3) is 3.72. The van der Waals surface area contributed by atoms with Crippen molar-refractivity contribution in [1.82, 2.24) is 14.5 Å². The highest BCUT2D eigenvalue weighted by Gasteiger charge is 2.19. The lowest BCUT2D eigenvalue weighted by atomic mass is 10.2. The first-order valence-electron chi connectivity index (χ1n) is 9.99. The summed E-state index contributed by atoms with van der Waals surface area (Å²) >= 11 is 0. The van der Waals surface area contributed by atoms with Crippen LogP contribution in [0.2, 0.25) is 0 Å². The van der Waals surface area contributed by atoms with E-state index in [0.29, 0.717) is 22.3 Å². The fourth-order valence-corrected chi connectivity index (χ4v) is 3.65. The number of aromatic nitrogens is 3. The molecule has 1 amide bonds. The van der Waals surface area contributed by atoms with Crippen molar-refractivity contribution in [3.05, 3.63) is 83.8 Å². The average molecular weight is 419 g/mol. The molecule has 1 N–H and O–H groups in total. The monoisotopic (exact) mass is 419 g/mol. The highest BCUT2D eigenvalue weighted by molar-refractivity contribution is 6.06. The SMILES string of the molecule is O=C(Nc1ccc(N2CCC2)nc1)c1cc2cc(F)cnc2n1Cc1ccccc1F. The molecule has 5 rings (SSSR count). The normalized spacial score (nSPS) is 13.3. The van der Waals surface area contributed by atoms with Crippen LogP contribution in [-0.4, -0.2) is 33.5 Å². The van der Waals surface area contributed by atoms with Crippen LogP contribution in [-0.2, 0) is 6.54 Å². The standard InChI is InChI=1S/C23H19F2N5O/c24-17-10-16-11-20(23(31)28-18-6-7-21(26-13-18)29-8-3-9-29)30(22(16)27-12-17)14-15-4-1-2-5-19(15)25/h1-2,4-7,10-13H,3,8-9,14H2,(H,28,31). The van der Waals surface area contributed by atoms with Crippen molar-refractivity contribution in [2.24, 2.45) is 0 Å². The fraction of sp³-hybridized carbons (Fsp3) is 0.174. The summed E-state index contributed by atoms with van der Waals surface area (Å²) in [6.07, 6.45) is 3.84. The fourth-order valence-electron chi connectivity index (χ4n) is 3.65. The maximum Gasteiger partial charge on any atom is 0.272 e. The molecule has 4 heterocycles. The van der Waals surface area contributed by atoms with Crippen LogP contribution in [0.4, 0.5) is 20.3 Å². The predicted octanol–water partition coefficient (Wildman–Crippen LogP) is 4.22. The number of amides is 1. The molecule has 0 unspecified atom stereocenters. The topological polar surface area (TPSA) is 63.1 Å². The van der Waals surface area contributed by atoms with Crippen molar-refractivity contribution >= 4 is 28.4 Å². The Labute approximate surface area is 177 Å². The summed E-state index contributed by atoms with van der Waals surface area (Å²) in [7, 11) is 0. The molecule has 0 aliphatic carbocycles. The Bertz CT molecular complexity index is 1260. The summed E-state index contributed by atoms with van der Waals surface area (Å²) in [4.78, 5) is 23.7. The number of anilines is 2. The number of carbonyl (C=O) groups is 1. The minimum absolute atomic E-state index is 0.0870. The molecule has 8 heteroatoms. The van der Waals surface area contributed by atoms with Crippen molar-refractivity contribution in [2.75, 3.05) is 23.3 Å². The number of carbonyl (C=O) groups excluding carboxylic acids is 1. The predicted molar refractivity (Wildman–Crippen MR) is 114 cm³/mol. The van der Waals surface area contributed by atoms with Gasteiger partial charge in [-0.25, -0.2) is 18.7 Å². The number of nitrogens with one attached hydrogen (secondary N) is 1. The highest BCUT2D eigenvalue weighted by Crippen LogP contribution is 2.23. The number of pyridine rings is 2. The molecule has 1 aliphatic heterocycles. The zero-order valence-corrected chi connectivity index (χ0v) is 16.6. The van der Waals surface area contributed by atoms with E-state index in [9.17, 15) is 13.6 Å². The van der Waals surface area contributed by atoms with Crippen LogP contribution in [0.25, 0.3) is 11.0 Å². The van der Waals surface area contributed by atoms with Crippen LogP contribution in [0.15, 0.2) is 60.9 Å². The van der Waals surface area contributed by atoms with Crippen molar-refractivity contribution in [2.45, 2.75) is 13.0 Å². The molecule has 1 aliphatic rings. The Morgan fingerprint density at radius 1 is 1.03 bits per heavy atom. The summed E-state index contributed by atoms with van der Waals surface area (Å²) in [5, 5.41) is 3.29. The summed E-state index contributed by atoms with van der Waals surface area (Å²) in [6.45, 7) is 2.06. The van der Waals surface area contributed by atoms with Gasteiger partial charge in [-0.1, -0.05) is 18.2 Å². The lowest BCUT2D eigenvalue weighted by Crippen LogP contribution is -2.37. The maximum atomic E-state index is 14.3. The second-order valence-corrected chi connectivity index (χ2v) is 7.47. The molecule has 6 nitrogen and oxygen atoms in total. The van der Waals surface area contributed by atoms with E-state index in [1.54, 1.807) is 41.1 Å². The van der Waals surface area contributed by atoms with Gasteiger partial charge in [0, 0.05) is 24.0 Å². The van der Waals surface area contributed by atoms with Gasteiger partial charge in [-0.05, 0) is 36.8 Å². The molecule has 0 bridgehead atoms. The van der Waals surface area contributed by atoms with Gasteiger partial charge in [0.15, 0.2) is 0 Å². The number of benzene rings is 1. The average Bonchev–Trinajstić information content (AvgIpc) is 3.07. The zero-order chi connectivity index (χ0) is 21.4. The van der Waals surface area contributed by atoms with Crippen molar-refractivity contribution in [3.8, 4) is 0 Å². The molecule has 0 radical (unpaired) electrons. The first kappa shape index (κ1) is 19.2. The summed E-state index contributed by atoms with van der Waals surface area (Å²) in [6, 6.07) is 12.8. The van der Waals surface area contributed by atoms with E-state index < -0.39 is 11.7 Å². The first-order chi connectivity index (χ1) is 15.1. The third-order valence-corrected chi connectivity index (χ3v) is 5.41. The molecule has 4 aromatic rings. The lowest BCUT2D eigenvalue weighted by Gasteiger charge is -2.31. The number of hydrogen-bond acceptors (Lipinski definition) is 4. The Morgan fingerprint density at radius 3 is 2.58 bits per heavy atom. The summed E-state index contributed by atoms with van der Waals surface area (Å²) in [5.41, 5.74) is 1.60. The van der Waals surface area contributed by atoms with Gasteiger partial charge in [0.1, 0.15) is 28.8 Å². The maximum absolute atomic E-state index is 14.3. The Morgan fingerprint density at radius 2 is 1.87 bits per heavy atom. The molecule has 156 valence electrons. The number of fused-ring (bicyclic) bond motifs is 1. The van der Waals surface area contributed by atoms with E-state index in [2.05, 4.69) is 20.2 Å². The van der Waals surface area contributed by atoms with Crippen LogP contribution >= 0.6 is 0 Å². The Kier molecular flexibility index (Phi) is 4.82. The Hall–Kier alpha value is -3.81. The number of nitrogens with zero attached hydrogens (tertiary/aromatic N) is 4.